The Bertz CT molecular complexity index is 329. The second-order valence-corrected chi connectivity index (χ2v) is 2.95. The summed E-state index contributed by atoms with van der Waals surface area (Å²) in [7, 11) is 0. The fraction of sp³-hybridized carbons (Fsp3) is 0.500. The van der Waals surface area contributed by atoms with Gasteiger partial charge in [0.25, 0.3) is 0 Å². The van der Waals surface area contributed by atoms with Gasteiger partial charge in [0.05, 0.1) is 5.57 Å². The van der Waals surface area contributed by atoms with E-state index < -0.39 is 18.1 Å². The molecule has 7 heteroatoms. The Morgan fingerprint density at radius 3 is 2.33 bits per heavy atom. The fourth-order valence-electron chi connectivity index (χ4n) is 1.22. The largest absolute Gasteiger partial charge is 0.491 e. The molecule has 0 amide bonds. The van der Waals surface area contributed by atoms with Crippen molar-refractivity contribution in [2.75, 3.05) is 0 Å². The summed E-state index contributed by atoms with van der Waals surface area (Å²) in [5, 5.41) is 8.57. The van der Waals surface area contributed by atoms with Gasteiger partial charge in [0.1, 0.15) is 5.76 Å². The van der Waals surface area contributed by atoms with Gasteiger partial charge < -0.3 is 9.84 Å². The SMILES string of the molecule is O=C(O)C1=C(OC(=O)C(F)(F)F)CCC1. The molecule has 0 saturated heterocycles. The van der Waals surface area contributed by atoms with E-state index in [9.17, 15) is 22.8 Å². The number of hydrogen-bond acceptors (Lipinski definition) is 3. The van der Waals surface area contributed by atoms with E-state index >= 15 is 0 Å². The van der Waals surface area contributed by atoms with Crippen LogP contribution in [-0.4, -0.2) is 23.2 Å². The molecule has 0 heterocycles. The zero-order chi connectivity index (χ0) is 11.6. The van der Waals surface area contributed by atoms with Crippen LogP contribution in [0, 0.1) is 0 Å². The van der Waals surface area contributed by atoms with Crippen molar-refractivity contribution in [3.63, 3.8) is 0 Å². The predicted octanol–water partition coefficient (Wildman–Crippen LogP) is 1.61. The lowest BCUT2D eigenvalue weighted by Gasteiger charge is -2.08. The van der Waals surface area contributed by atoms with E-state index in [1.54, 1.807) is 0 Å². The van der Waals surface area contributed by atoms with Crippen molar-refractivity contribution in [2.24, 2.45) is 0 Å². The first-order valence-electron chi connectivity index (χ1n) is 4.06. The Morgan fingerprint density at radius 1 is 1.27 bits per heavy atom. The lowest BCUT2D eigenvalue weighted by atomic mass is 10.2. The number of carboxylic acid groups (broad SMARTS) is 1. The number of allylic oxidation sites excluding steroid dienone is 1. The summed E-state index contributed by atoms with van der Waals surface area (Å²) in [6, 6.07) is 0. The molecule has 0 unspecified atom stereocenters. The molecule has 0 bridgehead atoms. The maximum atomic E-state index is 11.8. The molecule has 4 nitrogen and oxygen atoms in total. The molecular formula is C8H7F3O4. The summed E-state index contributed by atoms with van der Waals surface area (Å²) >= 11 is 0. The third kappa shape index (κ3) is 2.71. The van der Waals surface area contributed by atoms with Crippen molar-refractivity contribution in [1.82, 2.24) is 0 Å². The molecule has 1 aliphatic rings. The molecular weight excluding hydrogens is 217 g/mol. The standard InChI is InChI=1S/C8H7F3O4/c9-8(10,11)7(14)15-5-3-1-2-4(5)6(12)13/h1-3H2,(H,12,13). The normalized spacial score (nSPS) is 16.7. The minimum absolute atomic E-state index is 0.0451. The lowest BCUT2D eigenvalue weighted by molar-refractivity contribution is -0.195. The van der Waals surface area contributed by atoms with E-state index in [-0.39, 0.29) is 24.2 Å². The highest BCUT2D eigenvalue weighted by molar-refractivity contribution is 5.88. The van der Waals surface area contributed by atoms with Gasteiger partial charge in [0.15, 0.2) is 0 Å². The number of carbonyl (C=O) groups excluding carboxylic acids is 1. The Kier molecular flexibility index (Phi) is 3.01. The van der Waals surface area contributed by atoms with Crippen LogP contribution < -0.4 is 0 Å². The molecule has 1 N–H and O–H groups in total. The highest BCUT2D eigenvalue weighted by atomic mass is 19.4. The molecule has 0 fully saturated rings. The quantitative estimate of drug-likeness (QED) is 0.724. The van der Waals surface area contributed by atoms with Gasteiger partial charge in [-0.2, -0.15) is 13.2 Å². The van der Waals surface area contributed by atoms with Gasteiger partial charge >= 0.3 is 18.1 Å². The minimum atomic E-state index is -5.10. The molecule has 0 aromatic carbocycles. The molecule has 0 aliphatic heterocycles. The van der Waals surface area contributed by atoms with Gasteiger partial charge in [-0.3, -0.25) is 0 Å². The number of carboxylic acids is 1. The highest BCUT2D eigenvalue weighted by Gasteiger charge is 2.42. The van der Waals surface area contributed by atoms with Crippen LogP contribution >= 0.6 is 0 Å². The van der Waals surface area contributed by atoms with Crippen LogP contribution in [0.3, 0.4) is 0 Å². The Balaban J connectivity index is 2.78. The maximum Gasteiger partial charge on any atom is 0.491 e. The van der Waals surface area contributed by atoms with Crippen molar-refractivity contribution in [2.45, 2.75) is 25.4 Å². The summed E-state index contributed by atoms with van der Waals surface area (Å²) < 4.78 is 39.3. The topological polar surface area (TPSA) is 63.6 Å². The second-order valence-electron chi connectivity index (χ2n) is 2.95. The van der Waals surface area contributed by atoms with Crippen molar-refractivity contribution < 1.29 is 32.6 Å². The molecule has 15 heavy (non-hydrogen) atoms. The molecule has 0 atom stereocenters. The number of halogens is 3. The van der Waals surface area contributed by atoms with Gasteiger partial charge in [0, 0.05) is 6.42 Å². The smallest absolute Gasteiger partial charge is 0.478 e. The zero-order valence-electron chi connectivity index (χ0n) is 7.43. The Labute approximate surface area is 82.3 Å². The van der Waals surface area contributed by atoms with Crippen LogP contribution in [0.2, 0.25) is 0 Å². The van der Waals surface area contributed by atoms with E-state index in [1.165, 1.54) is 0 Å². The number of rotatable bonds is 2. The maximum absolute atomic E-state index is 11.8. The van der Waals surface area contributed by atoms with Crippen molar-refractivity contribution in [3.8, 4) is 0 Å². The molecule has 0 aromatic rings. The summed E-state index contributed by atoms with van der Waals surface area (Å²) in [5.41, 5.74) is -0.257. The van der Waals surface area contributed by atoms with Crippen LogP contribution in [0.1, 0.15) is 19.3 Å². The molecule has 0 spiro atoms. The molecule has 1 rings (SSSR count). The average Bonchev–Trinajstić information content (AvgIpc) is 2.50. The number of esters is 1. The first kappa shape index (κ1) is 11.5. The van der Waals surface area contributed by atoms with Gasteiger partial charge in [-0.25, -0.2) is 9.59 Å². The minimum Gasteiger partial charge on any atom is -0.478 e. The van der Waals surface area contributed by atoms with E-state index in [1.807, 2.05) is 0 Å². The zero-order valence-corrected chi connectivity index (χ0v) is 7.43. The number of ether oxygens (including phenoxy) is 1. The molecule has 84 valence electrons. The average molecular weight is 224 g/mol. The number of carbonyl (C=O) groups is 2. The summed E-state index contributed by atoms with van der Waals surface area (Å²) in [6.45, 7) is 0. The third-order valence-corrected chi connectivity index (χ3v) is 1.87. The Hall–Kier alpha value is -1.53. The second kappa shape index (κ2) is 3.92. The predicted molar refractivity (Wildman–Crippen MR) is 40.7 cm³/mol. The number of alkyl halides is 3. The summed E-state index contributed by atoms with van der Waals surface area (Å²) in [4.78, 5) is 20.9. The molecule has 1 aliphatic carbocycles. The van der Waals surface area contributed by atoms with Gasteiger partial charge in [-0.05, 0) is 12.8 Å². The van der Waals surface area contributed by atoms with Crippen LogP contribution in [0.15, 0.2) is 11.3 Å². The molecule has 0 saturated carbocycles. The molecule has 0 radical (unpaired) electrons. The van der Waals surface area contributed by atoms with E-state index in [2.05, 4.69) is 4.74 Å². The lowest BCUT2D eigenvalue weighted by Crippen LogP contribution is -2.25. The highest BCUT2D eigenvalue weighted by Crippen LogP contribution is 2.29. The first-order valence-corrected chi connectivity index (χ1v) is 4.06. The van der Waals surface area contributed by atoms with E-state index in [4.69, 9.17) is 5.11 Å². The van der Waals surface area contributed by atoms with Crippen LogP contribution in [0.5, 0.6) is 0 Å². The van der Waals surface area contributed by atoms with Crippen LogP contribution in [0.25, 0.3) is 0 Å². The van der Waals surface area contributed by atoms with Crippen LogP contribution in [0.4, 0.5) is 13.2 Å². The number of hydrogen-bond donors (Lipinski definition) is 1. The van der Waals surface area contributed by atoms with E-state index in [0.717, 1.165) is 0 Å². The first-order chi connectivity index (χ1) is 6.82. The fourth-order valence-corrected chi connectivity index (χ4v) is 1.22. The third-order valence-electron chi connectivity index (χ3n) is 1.87. The van der Waals surface area contributed by atoms with Gasteiger partial charge in [0.2, 0.25) is 0 Å². The van der Waals surface area contributed by atoms with E-state index in [0.29, 0.717) is 6.42 Å². The Morgan fingerprint density at radius 2 is 1.87 bits per heavy atom. The number of aliphatic carboxylic acids is 1. The van der Waals surface area contributed by atoms with Crippen LogP contribution in [-0.2, 0) is 14.3 Å². The summed E-state index contributed by atoms with van der Waals surface area (Å²) in [5.74, 6) is -4.11. The van der Waals surface area contributed by atoms with Crippen molar-refractivity contribution in [1.29, 1.82) is 0 Å². The van der Waals surface area contributed by atoms with Crippen molar-refractivity contribution in [3.05, 3.63) is 11.3 Å². The molecule has 0 aromatic heterocycles. The monoisotopic (exact) mass is 224 g/mol. The summed E-state index contributed by atoms with van der Waals surface area (Å²) in [6.07, 6.45) is -4.55. The van der Waals surface area contributed by atoms with Gasteiger partial charge in [-0.15, -0.1) is 0 Å². The van der Waals surface area contributed by atoms with Gasteiger partial charge in [-0.1, -0.05) is 0 Å². The van der Waals surface area contributed by atoms with Crippen molar-refractivity contribution >= 4 is 11.9 Å².